The first-order chi connectivity index (χ1) is 9.72. The fourth-order valence-corrected chi connectivity index (χ4v) is 3.10. The van der Waals surface area contributed by atoms with Crippen LogP contribution in [0.4, 0.5) is 5.69 Å². The molecule has 1 saturated heterocycles. The average Bonchev–Trinajstić information content (AvgIpc) is 2.97. The van der Waals surface area contributed by atoms with Crippen molar-refractivity contribution < 1.29 is 9.53 Å². The molecule has 1 fully saturated rings. The highest BCUT2D eigenvalue weighted by molar-refractivity contribution is 5.76. The first kappa shape index (κ1) is 13.4. The SMILES string of the molecule is Nc1ccc2c(c1)CN(C(=O)CCC1CCCO1)CC2. The van der Waals surface area contributed by atoms with Crippen LogP contribution < -0.4 is 5.73 Å². The Hall–Kier alpha value is -1.55. The van der Waals surface area contributed by atoms with Gasteiger partial charge in [0.25, 0.3) is 0 Å². The molecule has 0 saturated carbocycles. The van der Waals surface area contributed by atoms with Gasteiger partial charge in [-0.05, 0) is 48.9 Å². The average molecular weight is 274 g/mol. The van der Waals surface area contributed by atoms with Crippen LogP contribution in [-0.2, 0) is 22.5 Å². The largest absolute Gasteiger partial charge is 0.399 e. The second-order valence-electron chi connectivity index (χ2n) is 5.77. The molecule has 2 N–H and O–H groups in total. The van der Waals surface area contributed by atoms with Gasteiger partial charge in [0, 0.05) is 31.8 Å². The lowest BCUT2D eigenvalue weighted by molar-refractivity contribution is -0.132. The number of hydrogen-bond donors (Lipinski definition) is 1. The van der Waals surface area contributed by atoms with E-state index < -0.39 is 0 Å². The predicted molar refractivity (Wildman–Crippen MR) is 78.2 cm³/mol. The van der Waals surface area contributed by atoms with E-state index in [1.807, 2.05) is 17.0 Å². The summed E-state index contributed by atoms with van der Waals surface area (Å²) in [5.41, 5.74) is 9.12. The normalized spacial score (nSPS) is 21.8. The Kier molecular flexibility index (Phi) is 3.92. The van der Waals surface area contributed by atoms with Crippen LogP contribution in [0.15, 0.2) is 18.2 Å². The van der Waals surface area contributed by atoms with Crippen LogP contribution >= 0.6 is 0 Å². The zero-order valence-corrected chi connectivity index (χ0v) is 11.8. The van der Waals surface area contributed by atoms with Crippen molar-refractivity contribution in [3.63, 3.8) is 0 Å². The number of carbonyl (C=O) groups excluding carboxylic acids is 1. The number of nitrogens with two attached hydrogens (primary N) is 1. The molecule has 4 heteroatoms. The number of nitrogen functional groups attached to an aromatic ring is 1. The molecule has 1 amide bonds. The van der Waals surface area contributed by atoms with Crippen molar-refractivity contribution in [3.05, 3.63) is 29.3 Å². The molecular weight excluding hydrogens is 252 g/mol. The van der Waals surface area contributed by atoms with Gasteiger partial charge in [-0.15, -0.1) is 0 Å². The maximum atomic E-state index is 12.3. The summed E-state index contributed by atoms with van der Waals surface area (Å²) in [5, 5.41) is 0. The summed E-state index contributed by atoms with van der Waals surface area (Å²) in [6, 6.07) is 6.02. The summed E-state index contributed by atoms with van der Waals surface area (Å²) in [6.07, 6.45) is 4.93. The smallest absolute Gasteiger partial charge is 0.222 e. The number of rotatable bonds is 3. The van der Waals surface area contributed by atoms with E-state index in [2.05, 4.69) is 6.07 Å². The molecule has 3 rings (SSSR count). The van der Waals surface area contributed by atoms with Crippen LogP contribution in [0.3, 0.4) is 0 Å². The van der Waals surface area contributed by atoms with E-state index in [4.69, 9.17) is 10.5 Å². The molecule has 108 valence electrons. The monoisotopic (exact) mass is 274 g/mol. The molecule has 1 aromatic carbocycles. The van der Waals surface area contributed by atoms with E-state index in [1.54, 1.807) is 0 Å². The van der Waals surface area contributed by atoms with Gasteiger partial charge < -0.3 is 15.4 Å². The van der Waals surface area contributed by atoms with Gasteiger partial charge in [-0.1, -0.05) is 6.07 Å². The van der Waals surface area contributed by atoms with Crippen LogP contribution in [0.5, 0.6) is 0 Å². The van der Waals surface area contributed by atoms with Crippen molar-refractivity contribution >= 4 is 11.6 Å². The number of nitrogens with zero attached hydrogens (tertiary/aromatic N) is 1. The van der Waals surface area contributed by atoms with Gasteiger partial charge in [0.1, 0.15) is 0 Å². The number of carbonyl (C=O) groups is 1. The number of fused-ring (bicyclic) bond motifs is 1. The highest BCUT2D eigenvalue weighted by Gasteiger charge is 2.22. The molecule has 1 unspecified atom stereocenters. The second-order valence-corrected chi connectivity index (χ2v) is 5.77. The van der Waals surface area contributed by atoms with Crippen LogP contribution in [0.25, 0.3) is 0 Å². The third-order valence-corrected chi connectivity index (χ3v) is 4.30. The molecular formula is C16H22N2O2. The minimum Gasteiger partial charge on any atom is -0.399 e. The summed E-state index contributed by atoms with van der Waals surface area (Å²) in [6.45, 7) is 2.38. The van der Waals surface area contributed by atoms with Gasteiger partial charge >= 0.3 is 0 Å². The number of hydrogen-bond acceptors (Lipinski definition) is 3. The van der Waals surface area contributed by atoms with Gasteiger partial charge in [0.05, 0.1) is 6.10 Å². The molecule has 2 heterocycles. The van der Waals surface area contributed by atoms with E-state index in [1.165, 1.54) is 11.1 Å². The number of benzene rings is 1. The maximum Gasteiger partial charge on any atom is 0.222 e. The second kappa shape index (κ2) is 5.83. The summed E-state index contributed by atoms with van der Waals surface area (Å²) in [7, 11) is 0. The lowest BCUT2D eigenvalue weighted by atomic mass is 9.98. The van der Waals surface area contributed by atoms with Crippen LogP contribution in [0.2, 0.25) is 0 Å². The van der Waals surface area contributed by atoms with Crippen LogP contribution in [0, 0.1) is 0 Å². The quantitative estimate of drug-likeness (QED) is 0.859. The van der Waals surface area contributed by atoms with Gasteiger partial charge in [-0.25, -0.2) is 0 Å². The van der Waals surface area contributed by atoms with Crippen molar-refractivity contribution in [1.82, 2.24) is 4.90 Å². The summed E-state index contributed by atoms with van der Waals surface area (Å²) >= 11 is 0. The number of amides is 1. The molecule has 0 bridgehead atoms. The standard InChI is InChI=1S/C16H22N2O2/c17-14-4-3-12-7-8-18(11-13(12)10-14)16(19)6-5-15-2-1-9-20-15/h3-4,10,15H,1-2,5-9,11,17H2. The molecule has 2 aliphatic rings. The molecule has 0 aromatic heterocycles. The topological polar surface area (TPSA) is 55.6 Å². The molecule has 0 aliphatic carbocycles. The van der Waals surface area contributed by atoms with E-state index in [0.717, 1.165) is 44.5 Å². The van der Waals surface area contributed by atoms with Crippen molar-refractivity contribution in [2.24, 2.45) is 0 Å². The Bertz CT molecular complexity index is 495. The third-order valence-electron chi connectivity index (χ3n) is 4.30. The van der Waals surface area contributed by atoms with Crippen LogP contribution in [-0.4, -0.2) is 30.1 Å². The summed E-state index contributed by atoms with van der Waals surface area (Å²) in [5.74, 6) is 0.244. The highest BCUT2D eigenvalue weighted by Crippen LogP contribution is 2.23. The minimum atomic E-state index is 0.244. The fourth-order valence-electron chi connectivity index (χ4n) is 3.10. The minimum absolute atomic E-state index is 0.244. The van der Waals surface area contributed by atoms with Crippen molar-refractivity contribution in [1.29, 1.82) is 0 Å². The highest BCUT2D eigenvalue weighted by atomic mass is 16.5. The van der Waals surface area contributed by atoms with E-state index in [0.29, 0.717) is 19.1 Å². The molecule has 0 radical (unpaired) electrons. The van der Waals surface area contributed by atoms with Crippen LogP contribution in [0.1, 0.15) is 36.8 Å². The third kappa shape index (κ3) is 2.96. The molecule has 20 heavy (non-hydrogen) atoms. The Morgan fingerprint density at radius 1 is 1.40 bits per heavy atom. The maximum absolute atomic E-state index is 12.3. The predicted octanol–water partition coefficient (Wildman–Crippen LogP) is 2.11. The lowest BCUT2D eigenvalue weighted by Gasteiger charge is -2.29. The molecule has 1 atom stereocenters. The van der Waals surface area contributed by atoms with Gasteiger partial charge in [-0.2, -0.15) is 0 Å². The Labute approximate surface area is 119 Å². The Morgan fingerprint density at radius 3 is 3.10 bits per heavy atom. The summed E-state index contributed by atoms with van der Waals surface area (Å²) in [4.78, 5) is 14.2. The zero-order chi connectivity index (χ0) is 13.9. The first-order valence-electron chi connectivity index (χ1n) is 7.49. The Balaban J connectivity index is 1.57. The molecule has 1 aromatic rings. The lowest BCUT2D eigenvalue weighted by Crippen LogP contribution is -2.36. The van der Waals surface area contributed by atoms with Crippen molar-refractivity contribution in [2.75, 3.05) is 18.9 Å². The number of anilines is 1. The van der Waals surface area contributed by atoms with Gasteiger partial charge in [0.2, 0.25) is 5.91 Å². The Morgan fingerprint density at radius 2 is 2.30 bits per heavy atom. The molecule has 2 aliphatic heterocycles. The summed E-state index contributed by atoms with van der Waals surface area (Å²) < 4.78 is 5.58. The van der Waals surface area contributed by atoms with E-state index in [9.17, 15) is 4.79 Å². The molecule has 4 nitrogen and oxygen atoms in total. The first-order valence-corrected chi connectivity index (χ1v) is 7.49. The number of ether oxygens (including phenoxy) is 1. The van der Waals surface area contributed by atoms with Crippen molar-refractivity contribution in [3.8, 4) is 0 Å². The van der Waals surface area contributed by atoms with Gasteiger partial charge in [-0.3, -0.25) is 4.79 Å². The zero-order valence-electron chi connectivity index (χ0n) is 11.8. The van der Waals surface area contributed by atoms with E-state index >= 15 is 0 Å². The van der Waals surface area contributed by atoms with E-state index in [-0.39, 0.29) is 5.91 Å². The fraction of sp³-hybridized carbons (Fsp3) is 0.562. The van der Waals surface area contributed by atoms with Crippen molar-refractivity contribution in [2.45, 2.75) is 44.8 Å². The molecule has 0 spiro atoms. The van der Waals surface area contributed by atoms with Gasteiger partial charge in [0.15, 0.2) is 0 Å².